The first-order valence-electron chi connectivity index (χ1n) is 8.71. The van der Waals surface area contributed by atoms with Crippen molar-refractivity contribution in [1.29, 1.82) is 5.26 Å². The quantitative estimate of drug-likeness (QED) is 0.731. The van der Waals surface area contributed by atoms with Gasteiger partial charge in [-0.1, -0.05) is 24.3 Å². The van der Waals surface area contributed by atoms with Crippen molar-refractivity contribution >= 4 is 35.3 Å². The van der Waals surface area contributed by atoms with E-state index in [0.717, 1.165) is 11.5 Å². The second kappa shape index (κ2) is 10.1. The summed E-state index contributed by atoms with van der Waals surface area (Å²) in [5.74, 6) is 1.72. The van der Waals surface area contributed by atoms with Gasteiger partial charge in [0, 0.05) is 5.56 Å². The maximum Gasteiger partial charge on any atom is 0.276 e. The van der Waals surface area contributed by atoms with Crippen molar-refractivity contribution in [1.82, 2.24) is 10.9 Å². The molecule has 0 aromatic heterocycles. The van der Waals surface area contributed by atoms with Gasteiger partial charge < -0.3 is 4.74 Å². The highest BCUT2D eigenvalue weighted by Gasteiger charge is 2.17. The van der Waals surface area contributed by atoms with Crippen molar-refractivity contribution in [3.05, 3.63) is 65.2 Å². The summed E-state index contributed by atoms with van der Waals surface area (Å²) in [5, 5.41) is 9.00. The number of thioether (sulfide) groups is 2. The molecule has 0 bridgehead atoms. The fourth-order valence-electron chi connectivity index (χ4n) is 2.53. The molecule has 0 radical (unpaired) electrons. The first-order chi connectivity index (χ1) is 13.7. The summed E-state index contributed by atoms with van der Waals surface area (Å²) in [7, 11) is 0. The molecule has 0 saturated carbocycles. The van der Waals surface area contributed by atoms with Gasteiger partial charge in [0.1, 0.15) is 11.8 Å². The highest BCUT2D eigenvalue weighted by Crippen LogP contribution is 2.43. The van der Waals surface area contributed by atoms with Crippen LogP contribution in [-0.4, -0.2) is 29.9 Å². The number of hydrogen-bond acceptors (Lipinski definition) is 6. The van der Waals surface area contributed by atoms with Gasteiger partial charge in [0.2, 0.25) is 0 Å². The number of nitrogens with zero attached hydrogens (tertiary/aromatic N) is 1. The number of para-hydroxylation sites is 1. The van der Waals surface area contributed by atoms with E-state index in [1.54, 1.807) is 36.4 Å². The molecular weight excluding hydrogens is 394 g/mol. The highest BCUT2D eigenvalue weighted by atomic mass is 32.2. The van der Waals surface area contributed by atoms with Crippen molar-refractivity contribution in [3.63, 3.8) is 0 Å². The standard InChI is InChI=1S/C20H19N3O3S2/c21-12-16-4-1-2-5-17(16)26-13-18(24)22-23-19(25)14-6-8-15(9-7-14)20-27-10-3-11-28-20/h1-2,4-9,20H,3,10-11,13H2,(H,22,24)(H,23,25). The number of hydrazine groups is 1. The zero-order chi connectivity index (χ0) is 19.8. The van der Waals surface area contributed by atoms with Crippen molar-refractivity contribution in [2.24, 2.45) is 0 Å². The number of amides is 2. The normalized spacial score (nSPS) is 14.0. The van der Waals surface area contributed by atoms with Gasteiger partial charge in [-0.2, -0.15) is 5.26 Å². The molecule has 2 N–H and O–H groups in total. The van der Waals surface area contributed by atoms with Crippen LogP contribution < -0.4 is 15.6 Å². The average molecular weight is 414 g/mol. The lowest BCUT2D eigenvalue weighted by molar-refractivity contribution is -0.123. The van der Waals surface area contributed by atoms with E-state index in [2.05, 4.69) is 10.9 Å². The van der Waals surface area contributed by atoms with Crippen LogP contribution in [0.1, 0.15) is 32.5 Å². The van der Waals surface area contributed by atoms with E-state index >= 15 is 0 Å². The maximum absolute atomic E-state index is 12.2. The van der Waals surface area contributed by atoms with E-state index in [-0.39, 0.29) is 6.61 Å². The van der Waals surface area contributed by atoms with Crippen LogP contribution in [0.4, 0.5) is 0 Å². The third kappa shape index (κ3) is 5.44. The van der Waals surface area contributed by atoms with Gasteiger partial charge in [0.25, 0.3) is 11.8 Å². The minimum Gasteiger partial charge on any atom is -0.482 e. The Labute approximate surface area is 172 Å². The predicted molar refractivity (Wildman–Crippen MR) is 111 cm³/mol. The van der Waals surface area contributed by atoms with Crippen LogP contribution >= 0.6 is 23.5 Å². The molecule has 0 atom stereocenters. The lowest BCUT2D eigenvalue weighted by Crippen LogP contribution is -2.43. The van der Waals surface area contributed by atoms with E-state index in [9.17, 15) is 9.59 Å². The Bertz CT molecular complexity index is 875. The van der Waals surface area contributed by atoms with Crippen LogP contribution in [0, 0.1) is 11.3 Å². The van der Waals surface area contributed by atoms with Gasteiger partial charge in [-0.3, -0.25) is 20.4 Å². The van der Waals surface area contributed by atoms with Crippen LogP contribution in [0.2, 0.25) is 0 Å². The number of hydrogen-bond donors (Lipinski definition) is 2. The molecule has 2 amide bonds. The second-order valence-electron chi connectivity index (χ2n) is 5.95. The molecule has 144 valence electrons. The lowest BCUT2D eigenvalue weighted by atomic mass is 10.1. The number of carbonyl (C=O) groups is 2. The Balaban J connectivity index is 1.47. The predicted octanol–water partition coefficient (Wildman–Crippen LogP) is 3.27. The summed E-state index contributed by atoms with van der Waals surface area (Å²) in [5.41, 5.74) is 6.68. The molecule has 3 rings (SSSR count). The number of benzene rings is 2. The molecule has 1 fully saturated rings. The molecule has 0 aliphatic carbocycles. The van der Waals surface area contributed by atoms with Crippen molar-refractivity contribution in [2.45, 2.75) is 11.0 Å². The molecule has 1 aliphatic heterocycles. The van der Waals surface area contributed by atoms with Gasteiger partial charge in [-0.25, -0.2) is 0 Å². The van der Waals surface area contributed by atoms with Gasteiger partial charge >= 0.3 is 0 Å². The molecule has 0 spiro atoms. The molecule has 0 unspecified atom stereocenters. The Morgan fingerprint density at radius 1 is 1.07 bits per heavy atom. The Hall–Kier alpha value is -2.63. The van der Waals surface area contributed by atoms with Crippen LogP contribution in [0.15, 0.2) is 48.5 Å². The minimum atomic E-state index is -0.521. The van der Waals surface area contributed by atoms with Crippen LogP contribution in [-0.2, 0) is 4.79 Å². The van der Waals surface area contributed by atoms with Crippen molar-refractivity contribution in [2.75, 3.05) is 18.1 Å². The molecule has 1 saturated heterocycles. The summed E-state index contributed by atoms with van der Waals surface area (Å²) >= 11 is 3.84. The molecule has 2 aromatic carbocycles. The van der Waals surface area contributed by atoms with Crippen LogP contribution in [0.3, 0.4) is 0 Å². The summed E-state index contributed by atoms with van der Waals surface area (Å²) < 4.78 is 5.74. The number of carbonyl (C=O) groups excluding carboxylic acids is 2. The second-order valence-corrected chi connectivity index (χ2v) is 8.67. The summed E-state index contributed by atoms with van der Waals surface area (Å²) in [6.07, 6.45) is 1.23. The number of rotatable bonds is 5. The molecule has 1 heterocycles. The molecular formula is C20H19N3O3S2. The third-order valence-corrected chi connectivity index (χ3v) is 6.97. The molecule has 8 heteroatoms. The number of nitrogens with one attached hydrogen (secondary N) is 2. The van der Waals surface area contributed by atoms with Gasteiger partial charge in [-0.05, 0) is 47.8 Å². The minimum absolute atomic E-state index is 0.311. The van der Waals surface area contributed by atoms with Crippen molar-refractivity contribution in [3.8, 4) is 11.8 Å². The zero-order valence-corrected chi connectivity index (χ0v) is 16.6. The molecule has 28 heavy (non-hydrogen) atoms. The number of nitriles is 1. The lowest BCUT2D eigenvalue weighted by Gasteiger charge is -2.21. The highest BCUT2D eigenvalue weighted by molar-refractivity contribution is 8.16. The third-order valence-electron chi connectivity index (χ3n) is 3.95. The smallest absolute Gasteiger partial charge is 0.276 e. The monoisotopic (exact) mass is 413 g/mol. The van der Waals surface area contributed by atoms with Crippen molar-refractivity contribution < 1.29 is 14.3 Å². The topological polar surface area (TPSA) is 91.2 Å². The first kappa shape index (κ1) is 20.1. The Morgan fingerprint density at radius 2 is 1.79 bits per heavy atom. The fourth-order valence-corrected chi connectivity index (χ4v) is 5.43. The summed E-state index contributed by atoms with van der Waals surface area (Å²) in [6.45, 7) is -0.311. The van der Waals surface area contributed by atoms with E-state index < -0.39 is 11.8 Å². The summed E-state index contributed by atoms with van der Waals surface area (Å²) in [6, 6.07) is 16.0. The number of ether oxygens (including phenoxy) is 1. The Kier molecular flexibility index (Phi) is 7.23. The van der Waals surface area contributed by atoms with E-state index in [0.29, 0.717) is 21.5 Å². The fraction of sp³-hybridized carbons (Fsp3) is 0.250. The molecule has 2 aromatic rings. The van der Waals surface area contributed by atoms with Gasteiger partial charge in [0.15, 0.2) is 6.61 Å². The van der Waals surface area contributed by atoms with Crippen LogP contribution in [0.25, 0.3) is 0 Å². The maximum atomic E-state index is 12.2. The van der Waals surface area contributed by atoms with Crippen LogP contribution in [0.5, 0.6) is 5.75 Å². The molecule has 1 aliphatic rings. The molecule has 6 nitrogen and oxygen atoms in total. The average Bonchev–Trinajstić information content (AvgIpc) is 2.77. The summed E-state index contributed by atoms with van der Waals surface area (Å²) in [4.78, 5) is 24.1. The van der Waals surface area contributed by atoms with E-state index in [4.69, 9.17) is 10.00 Å². The van der Waals surface area contributed by atoms with Gasteiger partial charge in [0.05, 0.1) is 10.1 Å². The first-order valence-corrected chi connectivity index (χ1v) is 10.8. The largest absolute Gasteiger partial charge is 0.482 e. The SMILES string of the molecule is N#Cc1ccccc1OCC(=O)NNC(=O)c1ccc(C2SCCCS2)cc1. The zero-order valence-electron chi connectivity index (χ0n) is 15.0. The van der Waals surface area contributed by atoms with E-state index in [1.165, 1.54) is 12.0 Å². The van der Waals surface area contributed by atoms with Gasteiger partial charge in [-0.15, -0.1) is 23.5 Å². The van der Waals surface area contributed by atoms with E-state index in [1.807, 2.05) is 41.7 Å². The Morgan fingerprint density at radius 3 is 2.50 bits per heavy atom.